The zero-order valence-corrected chi connectivity index (χ0v) is 15.9. The van der Waals surface area contributed by atoms with Gasteiger partial charge in [0.25, 0.3) is 0 Å². The molecule has 7 nitrogen and oxygen atoms in total. The molecule has 27 heavy (non-hydrogen) atoms. The Morgan fingerprint density at radius 1 is 1.15 bits per heavy atom. The average Bonchev–Trinajstić information content (AvgIpc) is 2.95. The number of ether oxygens (including phenoxy) is 1. The van der Waals surface area contributed by atoms with Crippen molar-refractivity contribution in [3.05, 3.63) is 53.6 Å². The minimum atomic E-state index is -4.09. The molecule has 142 valence electrons. The fraction of sp³-hybridized carbons (Fsp3) is 0.263. The molecule has 0 aliphatic carbocycles. The number of benzene rings is 2. The second-order valence-electron chi connectivity index (χ2n) is 6.29. The van der Waals surface area contributed by atoms with Crippen LogP contribution < -0.4 is 9.08 Å². The number of hydrogen-bond acceptors (Lipinski definition) is 6. The number of hydrogen-bond donors (Lipinski definition) is 0. The summed E-state index contributed by atoms with van der Waals surface area (Å²) in [6.07, 6.45) is 0.566. The maximum atomic E-state index is 12.6. The summed E-state index contributed by atoms with van der Waals surface area (Å²) < 4.78 is 35.0. The summed E-state index contributed by atoms with van der Waals surface area (Å²) in [5, 5.41) is 0. The first-order valence-corrected chi connectivity index (χ1v) is 9.69. The molecule has 0 radical (unpaired) electrons. The predicted octanol–water partition coefficient (Wildman–Crippen LogP) is 2.54. The monoisotopic (exact) mass is 389 g/mol. The van der Waals surface area contributed by atoms with Crippen molar-refractivity contribution in [2.45, 2.75) is 31.2 Å². The van der Waals surface area contributed by atoms with Crippen LogP contribution in [0.4, 0.5) is 5.69 Å². The van der Waals surface area contributed by atoms with Crippen LogP contribution in [0.3, 0.4) is 0 Å². The van der Waals surface area contributed by atoms with Crippen LogP contribution in [-0.2, 0) is 26.1 Å². The lowest BCUT2D eigenvalue weighted by Gasteiger charge is -2.20. The van der Waals surface area contributed by atoms with E-state index < -0.39 is 16.1 Å². The Morgan fingerprint density at radius 3 is 2.56 bits per heavy atom. The molecule has 0 bridgehead atoms. The van der Waals surface area contributed by atoms with E-state index in [2.05, 4.69) is 4.74 Å². The van der Waals surface area contributed by atoms with Crippen LogP contribution in [-0.4, -0.2) is 33.4 Å². The first kappa shape index (κ1) is 18.9. The quantitative estimate of drug-likeness (QED) is 0.590. The molecule has 1 amide bonds. The number of fused-ring (bicyclic) bond motifs is 1. The minimum absolute atomic E-state index is 0.0112. The van der Waals surface area contributed by atoms with Crippen molar-refractivity contribution in [2.75, 3.05) is 12.0 Å². The molecule has 2 aromatic carbocycles. The van der Waals surface area contributed by atoms with Gasteiger partial charge in [-0.25, -0.2) is 4.79 Å². The third-order valence-corrected chi connectivity index (χ3v) is 5.60. The first-order valence-electron chi connectivity index (χ1n) is 8.28. The molecule has 1 aliphatic heterocycles. The highest BCUT2D eigenvalue weighted by atomic mass is 32.2. The van der Waals surface area contributed by atoms with Crippen LogP contribution >= 0.6 is 0 Å². The van der Waals surface area contributed by atoms with Crippen molar-refractivity contribution >= 4 is 27.7 Å². The number of anilines is 1. The van der Waals surface area contributed by atoms with Gasteiger partial charge in [-0.05, 0) is 55.3 Å². The summed E-state index contributed by atoms with van der Waals surface area (Å²) in [5.41, 5.74) is 1.66. The Hall–Kier alpha value is -2.87. The van der Waals surface area contributed by atoms with E-state index in [-0.39, 0.29) is 28.2 Å². The van der Waals surface area contributed by atoms with E-state index in [0.29, 0.717) is 12.1 Å². The van der Waals surface area contributed by atoms with Crippen LogP contribution in [0.15, 0.2) is 47.4 Å². The molecule has 1 atom stereocenters. The van der Waals surface area contributed by atoms with Crippen molar-refractivity contribution < 1.29 is 26.9 Å². The lowest BCUT2D eigenvalue weighted by Crippen LogP contribution is -2.33. The van der Waals surface area contributed by atoms with Gasteiger partial charge in [-0.15, -0.1) is 0 Å². The fourth-order valence-electron chi connectivity index (χ4n) is 3.21. The Kier molecular flexibility index (Phi) is 4.93. The highest BCUT2D eigenvalue weighted by Gasteiger charge is 2.30. The molecule has 0 aromatic heterocycles. The highest BCUT2D eigenvalue weighted by molar-refractivity contribution is 7.87. The maximum Gasteiger partial charge on any atom is 0.339 e. The van der Waals surface area contributed by atoms with Gasteiger partial charge < -0.3 is 13.8 Å². The van der Waals surface area contributed by atoms with Crippen molar-refractivity contribution in [3.63, 3.8) is 0 Å². The standard InChI is InChI=1S/C19H19NO6S/c1-12-9-15-11-17(7-8-18(15)20(12)13(2)21)27(23,24)26-16-6-4-5-14(10-16)19(22)25-3/h4-8,10-12H,9H2,1-3H3/t12-/m1/s1. The van der Waals surface area contributed by atoms with E-state index in [0.717, 1.165) is 5.56 Å². The van der Waals surface area contributed by atoms with E-state index in [1.54, 1.807) is 11.0 Å². The van der Waals surface area contributed by atoms with E-state index in [1.165, 1.54) is 50.4 Å². The Bertz CT molecular complexity index is 1010. The highest BCUT2D eigenvalue weighted by Crippen LogP contribution is 2.34. The Balaban J connectivity index is 1.90. The molecule has 1 heterocycles. The van der Waals surface area contributed by atoms with Crippen LogP contribution in [0.2, 0.25) is 0 Å². The van der Waals surface area contributed by atoms with Crippen LogP contribution in [0.25, 0.3) is 0 Å². The Labute approximate surface area is 157 Å². The van der Waals surface area contributed by atoms with Gasteiger partial charge in [-0.1, -0.05) is 6.07 Å². The number of carbonyl (C=O) groups is 2. The van der Waals surface area contributed by atoms with E-state index in [4.69, 9.17) is 4.18 Å². The minimum Gasteiger partial charge on any atom is -0.465 e. The van der Waals surface area contributed by atoms with Crippen molar-refractivity contribution in [3.8, 4) is 5.75 Å². The third-order valence-electron chi connectivity index (χ3n) is 4.36. The van der Waals surface area contributed by atoms with E-state index in [1.807, 2.05) is 6.92 Å². The normalized spacial score (nSPS) is 16.0. The smallest absolute Gasteiger partial charge is 0.339 e. The molecule has 3 rings (SSSR count). The number of nitrogens with zero attached hydrogens (tertiary/aromatic N) is 1. The van der Waals surface area contributed by atoms with Crippen molar-refractivity contribution in [1.29, 1.82) is 0 Å². The van der Waals surface area contributed by atoms with Gasteiger partial charge in [0.05, 0.1) is 12.7 Å². The zero-order valence-electron chi connectivity index (χ0n) is 15.1. The molecule has 0 unspecified atom stereocenters. The summed E-state index contributed by atoms with van der Waals surface area (Å²) in [7, 11) is -2.86. The number of esters is 1. The van der Waals surface area contributed by atoms with Gasteiger partial charge in [0.15, 0.2) is 0 Å². The van der Waals surface area contributed by atoms with Crippen LogP contribution in [0.5, 0.6) is 5.75 Å². The molecule has 2 aromatic rings. The number of amides is 1. The van der Waals surface area contributed by atoms with Crippen molar-refractivity contribution in [1.82, 2.24) is 0 Å². The molecule has 0 saturated heterocycles. The Morgan fingerprint density at radius 2 is 1.89 bits per heavy atom. The third kappa shape index (κ3) is 3.66. The number of methoxy groups -OCH3 is 1. The molecule has 0 spiro atoms. The summed E-state index contributed by atoms with van der Waals surface area (Å²) in [6.45, 7) is 3.39. The van der Waals surface area contributed by atoms with Gasteiger partial charge in [0.2, 0.25) is 5.91 Å². The van der Waals surface area contributed by atoms with Gasteiger partial charge >= 0.3 is 16.1 Å². The largest absolute Gasteiger partial charge is 0.465 e. The fourth-order valence-corrected chi connectivity index (χ4v) is 4.18. The molecular formula is C19H19NO6S. The maximum absolute atomic E-state index is 12.6. The van der Waals surface area contributed by atoms with Crippen LogP contribution in [0.1, 0.15) is 29.8 Å². The molecule has 8 heteroatoms. The second-order valence-corrected chi connectivity index (χ2v) is 7.84. The van der Waals surface area contributed by atoms with E-state index >= 15 is 0 Å². The topological polar surface area (TPSA) is 90.0 Å². The molecule has 1 aliphatic rings. The SMILES string of the molecule is COC(=O)c1cccc(OS(=O)(=O)c2ccc3c(c2)C[C@@H](C)N3C(C)=O)c1. The van der Waals surface area contributed by atoms with Gasteiger partial charge in [0.1, 0.15) is 10.6 Å². The molecule has 0 N–H and O–H groups in total. The second kappa shape index (κ2) is 7.03. The summed E-state index contributed by atoms with van der Waals surface area (Å²) in [5.74, 6) is -0.668. The van der Waals surface area contributed by atoms with Gasteiger partial charge in [-0.2, -0.15) is 8.42 Å². The number of rotatable bonds is 4. The van der Waals surface area contributed by atoms with Gasteiger partial charge in [0, 0.05) is 18.7 Å². The summed E-state index contributed by atoms with van der Waals surface area (Å²) >= 11 is 0. The predicted molar refractivity (Wildman–Crippen MR) is 98.4 cm³/mol. The van der Waals surface area contributed by atoms with E-state index in [9.17, 15) is 18.0 Å². The lowest BCUT2D eigenvalue weighted by molar-refractivity contribution is -0.116. The molecule has 0 fully saturated rings. The number of carbonyl (C=O) groups excluding carboxylic acids is 2. The summed E-state index contributed by atoms with van der Waals surface area (Å²) in [6, 6.07) is 10.3. The lowest BCUT2D eigenvalue weighted by atomic mass is 10.1. The molecular weight excluding hydrogens is 370 g/mol. The average molecular weight is 389 g/mol. The van der Waals surface area contributed by atoms with Crippen molar-refractivity contribution in [2.24, 2.45) is 0 Å². The zero-order chi connectivity index (χ0) is 19.8. The summed E-state index contributed by atoms with van der Waals surface area (Å²) in [4.78, 5) is 25.0. The first-order chi connectivity index (χ1) is 12.7. The molecule has 0 saturated carbocycles. The van der Waals surface area contributed by atoms with Crippen LogP contribution in [0, 0.1) is 0 Å². The van der Waals surface area contributed by atoms with Gasteiger partial charge in [-0.3, -0.25) is 4.79 Å².